The SMILES string of the molecule is N#CC1CN(C(=O)CCCn2cccn2)C1. The van der Waals surface area contributed by atoms with Crippen LogP contribution in [0.4, 0.5) is 0 Å². The van der Waals surface area contributed by atoms with Gasteiger partial charge in [0.2, 0.25) is 5.91 Å². The molecule has 1 aromatic heterocycles. The molecule has 1 aliphatic heterocycles. The second kappa shape index (κ2) is 4.79. The number of hydrogen-bond acceptors (Lipinski definition) is 3. The Kier molecular flexibility index (Phi) is 3.20. The van der Waals surface area contributed by atoms with E-state index in [1.165, 1.54) is 0 Å². The summed E-state index contributed by atoms with van der Waals surface area (Å²) in [5.74, 6) is 0.203. The van der Waals surface area contributed by atoms with Crippen LogP contribution in [0.15, 0.2) is 18.5 Å². The Morgan fingerprint density at radius 1 is 1.56 bits per heavy atom. The molecular formula is C11H14N4O. The zero-order valence-electron chi connectivity index (χ0n) is 9.04. The van der Waals surface area contributed by atoms with Gasteiger partial charge >= 0.3 is 0 Å². The average Bonchev–Trinajstić information content (AvgIpc) is 2.69. The van der Waals surface area contributed by atoms with Crippen molar-refractivity contribution in [3.05, 3.63) is 18.5 Å². The molecule has 0 radical (unpaired) electrons. The normalized spacial score (nSPS) is 15.6. The maximum absolute atomic E-state index is 11.6. The molecule has 16 heavy (non-hydrogen) atoms. The van der Waals surface area contributed by atoms with Gasteiger partial charge in [-0.3, -0.25) is 9.48 Å². The Labute approximate surface area is 94.3 Å². The molecular weight excluding hydrogens is 204 g/mol. The van der Waals surface area contributed by atoms with Gasteiger partial charge < -0.3 is 4.90 Å². The van der Waals surface area contributed by atoms with Crippen molar-refractivity contribution in [3.63, 3.8) is 0 Å². The van der Waals surface area contributed by atoms with Crippen LogP contribution < -0.4 is 0 Å². The van der Waals surface area contributed by atoms with Gasteiger partial charge in [0.05, 0.1) is 12.0 Å². The minimum atomic E-state index is 0.0510. The molecule has 5 heteroatoms. The number of aryl methyl sites for hydroxylation is 1. The molecule has 1 fully saturated rings. The van der Waals surface area contributed by atoms with Crippen LogP contribution in [-0.2, 0) is 11.3 Å². The average molecular weight is 218 g/mol. The standard InChI is InChI=1S/C11H14N4O/c12-7-10-8-14(9-10)11(16)3-1-5-15-6-2-4-13-15/h2,4,6,10H,1,3,5,8-9H2. The Bertz CT molecular complexity index is 387. The van der Waals surface area contributed by atoms with Crippen LogP contribution in [0.3, 0.4) is 0 Å². The van der Waals surface area contributed by atoms with Gasteiger partial charge in [0.15, 0.2) is 0 Å². The van der Waals surface area contributed by atoms with Crippen LogP contribution in [-0.4, -0.2) is 33.7 Å². The van der Waals surface area contributed by atoms with E-state index in [9.17, 15) is 4.79 Å². The number of carbonyl (C=O) groups excluding carboxylic acids is 1. The van der Waals surface area contributed by atoms with E-state index in [2.05, 4.69) is 11.2 Å². The molecule has 5 nitrogen and oxygen atoms in total. The summed E-state index contributed by atoms with van der Waals surface area (Å²) in [4.78, 5) is 13.3. The minimum Gasteiger partial charge on any atom is -0.340 e. The first-order chi connectivity index (χ1) is 7.79. The number of amides is 1. The fraction of sp³-hybridized carbons (Fsp3) is 0.545. The minimum absolute atomic E-state index is 0.0510. The lowest BCUT2D eigenvalue weighted by Gasteiger charge is -2.35. The Balaban J connectivity index is 1.64. The predicted molar refractivity (Wildman–Crippen MR) is 57.1 cm³/mol. The van der Waals surface area contributed by atoms with E-state index in [4.69, 9.17) is 5.26 Å². The van der Waals surface area contributed by atoms with E-state index < -0.39 is 0 Å². The first-order valence-electron chi connectivity index (χ1n) is 5.44. The van der Waals surface area contributed by atoms with Crippen molar-refractivity contribution in [1.29, 1.82) is 5.26 Å². The van der Waals surface area contributed by atoms with Crippen LogP contribution in [0.2, 0.25) is 0 Å². The van der Waals surface area contributed by atoms with E-state index in [1.807, 2.05) is 16.9 Å². The molecule has 1 aliphatic rings. The van der Waals surface area contributed by atoms with Gasteiger partial charge in [0.1, 0.15) is 0 Å². The van der Waals surface area contributed by atoms with Crippen LogP contribution in [0.25, 0.3) is 0 Å². The number of likely N-dealkylation sites (tertiary alicyclic amines) is 1. The van der Waals surface area contributed by atoms with Crippen molar-refractivity contribution < 1.29 is 4.79 Å². The van der Waals surface area contributed by atoms with E-state index >= 15 is 0 Å². The molecule has 0 atom stereocenters. The second-order valence-electron chi connectivity index (χ2n) is 4.00. The molecule has 0 aliphatic carbocycles. The van der Waals surface area contributed by atoms with E-state index in [-0.39, 0.29) is 11.8 Å². The summed E-state index contributed by atoms with van der Waals surface area (Å²) in [5, 5.41) is 12.7. The third kappa shape index (κ3) is 2.40. The van der Waals surface area contributed by atoms with Gasteiger partial charge in [-0.05, 0) is 12.5 Å². The molecule has 0 N–H and O–H groups in total. The molecule has 2 heterocycles. The molecule has 1 aromatic rings. The van der Waals surface area contributed by atoms with Crippen molar-refractivity contribution in [2.75, 3.05) is 13.1 Å². The molecule has 0 unspecified atom stereocenters. The van der Waals surface area contributed by atoms with Crippen LogP contribution in [0.5, 0.6) is 0 Å². The summed E-state index contributed by atoms with van der Waals surface area (Å²) < 4.78 is 1.82. The Morgan fingerprint density at radius 2 is 2.38 bits per heavy atom. The predicted octanol–water partition coefficient (Wildman–Crippen LogP) is 0.645. The largest absolute Gasteiger partial charge is 0.340 e. The van der Waals surface area contributed by atoms with Crippen molar-refractivity contribution in [1.82, 2.24) is 14.7 Å². The highest BCUT2D eigenvalue weighted by Crippen LogP contribution is 2.15. The molecule has 0 saturated carbocycles. The van der Waals surface area contributed by atoms with Gasteiger partial charge in [0, 0.05) is 38.4 Å². The lowest BCUT2D eigenvalue weighted by molar-refractivity contribution is -0.136. The summed E-state index contributed by atoms with van der Waals surface area (Å²) in [6.07, 6.45) is 4.96. The summed E-state index contributed by atoms with van der Waals surface area (Å²) >= 11 is 0. The lowest BCUT2D eigenvalue weighted by atomic mass is 10.0. The topological polar surface area (TPSA) is 61.9 Å². The smallest absolute Gasteiger partial charge is 0.222 e. The Morgan fingerprint density at radius 3 is 3.00 bits per heavy atom. The third-order valence-corrected chi connectivity index (χ3v) is 2.75. The van der Waals surface area contributed by atoms with Crippen molar-refractivity contribution in [3.8, 4) is 6.07 Å². The van der Waals surface area contributed by atoms with Crippen LogP contribution in [0, 0.1) is 17.2 Å². The van der Waals surface area contributed by atoms with E-state index in [1.54, 1.807) is 11.1 Å². The first kappa shape index (κ1) is 10.7. The maximum Gasteiger partial charge on any atom is 0.222 e. The molecule has 0 spiro atoms. The fourth-order valence-electron chi connectivity index (χ4n) is 1.75. The highest BCUT2D eigenvalue weighted by molar-refractivity contribution is 5.77. The highest BCUT2D eigenvalue weighted by Gasteiger charge is 2.29. The second-order valence-corrected chi connectivity index (χ2v) is 4.00. The number of rotatable bonds is 4. The van der Waals surface area contributed by atoms with Crippen molar-refractivity contribution >= 4 is 5.91 Å². The summed E-state index contributed by atoms with van der Waals surface area (Å²) in [7, 11) is 0. The van der Waals surface area contributed by atoms with Gasteiger partial charge in [-0.2, -0.15) is 10.4 Å². The summed E-state index contributed by atoms with van der Waals surface area (Å²) in [6.45, 7) is 1.99. The monoisotopic (exact) mass is 218 g/mol. The zero-order chi connectivity index (χ0) is 11.4. The number of aromatic nitrogens is 2. The van der Waals surface area contributed by atoms with Gasteiger partial charge in [-0.1, -0.05) is 0 Å². The van der Waals surface area contributed by atoms with Gasteiger partial charge in [-0.25, -0.2) is 0 Å². The summed E-state index contributed by atoms with van der Waals surface area (Å²) in [5.41, 5.74) is 0. The first-order valence-corrected chi connectivity index (χ1v) is 5.44. The molecule has 0 aromatic carbocycles. The quantitative estimate of drug-likeness (QED) is 0.745. The number of nitrogens with zero attached hydrogens (tertiary/aromatic N) is 4. The zero-order valence-corrected chi connectivity index (χ0v) is 9.04. The van der Waals surface area contributed by atoms with Crippen molar-refractivity contribution in [2.45, 2.75) is 19.4 Å². The van der Waals surface area contributed by atoms with Crippen LogP contribution >= 0.6 is 0 Å². The molecule has 2 rings (SSSR count). The lowest BCUT2D eigenvalue weighted by Crippen LogP contribution is -2.49. The van der Waals surface area contributed by atoms with Crippen molar-refractivity contribution in [2.24, 2.45) is 5.92 Å². The van der Waals surface area contributed by atoms with Gasteiger partial charge in [0.25, 0.3) is 0 Å². The van der Waals surface area contributed by atoms with E-state index in [0.717, 1.165) is 13.0 Å². The van der Waals surface area contributed by atoms with E-state index in [0.29, 0.717) is 19.5 Å². The third-order valence-electron chi connectivity index (χ3n) is 2.75. The molecule has 84 valence electrons. The highest BCUT2D eigenvalue weighted by atomic mass is 16.2. The molecule has 1 amide bonds. The summed E-state index contributed by atoms with van der Waals surface area (Å²) in [6, 6.07) is 4.03. The maximum atomic E-state index is 11.6. The Hall–Kier alpha value is -1.83. The van der Waals surface area contributed by atoms with Crippen LogP contribution in [0.1, 0.15) is 12.8 Å². The fourth-order valence-corrected chi connectivity index (χ4v) is 1.75. The number of hydrogen-bond donors (Lipinski definition) is 0. The number of nitriles is 1. The number of carbonyl (C=O) groups is 1. The molecule has 0 bridgehead atoms. The molecule has 1 saturated heterocycles. The van der Waals surface area contributed by atoms with Gasteiger partial charge in [-0.15, -0.1) is 0 Å².